The number of ketones is 1. The van der Waals surface area contributed by atoms with Crippen LogP contribution in [0.3, 0.4) is 0 Å². The maximum Gasteiger partial charge on any atom is 0.225 e. The monoisotopic (exact) mass is 174 g/mol. The molecule has 0 unspecified atom stereocenters. The molecule has 0 saturated heterocycles. The summed E-state index contributed by atoms with van der Waals surface area (Å²) < 4.78 is 1.81. The van der Waals surface area contributed by atoms with Crippen molar-refractivity contribution in [3.05, 3.63) is 48.0 Å². The van der Waals surface area contributed by atoms with Gasteiger partial charge in [0.15, 0.2) is 0 Å². The van der Waals surface area contributed by atoms with Crippen LogP contribution in [0.15, 0.2) is 36.7 Å². The lowest BCUT2D eigenvalue weighted by molar-refractivity contribution is 0.102. The van der Waals surface area contributed by atoms with Gasteiger partial charge in [-0.2, -0.15) is 0 Å². The number of hydrogen-bond donors (Lipinski definition) is 1. The van der Waals surface area contributed by atoms with Crippen molar-refractivity contribution in [2.75, 3.05) is 0 Å². The molecule has 0 radical (unpaired) electrons. The Hall–Kier alpha value is -1.77. The average molecular weight is 174 g/mol. The Balaban J connectivity index is 2.39. The molecule has 0 fully saturated rings. The summed E-state index contributed by atoms with van der Waals surface area (Å²) in [5, 5.41) is 0. The summed E-state index contributed by atoms with van der Waals surface area (Å²) in [6, 6.07) is 7.25. The summed E-state index contributed by atoms with van der Waals surface area (Å²) in [4.78, 5) is 14.6. The first kappa shape index (κ1) is 7.86. The zero-order chi connectivity index (χ0) is 9.26. The number of aromatic nitrogens is 2. The molecule has 3 nitrogen and oxygen atoms in total. The first-order chi connectivity index (χ1) is 6.29. The Kier molecular flexibility index (Phi) is 1.77. The molecule has 0 aromatic carbocycles. The van der Waals surface area contributed by atoms with Crippen LogP contribution in [0, 0.1) is 0 Å². The van der Waals surface area contributed by atoms with Gasteiger partial charge in [0, 0.05) is 19.4 Å². The van der Waals surface area contributed by atoms with E-state index in [-0.39, 0.29) is 5.78 Å². The third-order valence-electron chi connectivity index (χ3n) is 2.02. The van der Waals surface area contributed by atoms with E-state index in [1.165, 1.54) is 0 Å². The quantitative estimate of drug-likeness (QED) is 0.690. The molecule has 1 N–H and O–H groups in total. The topological polar surface area (TPSA) is 37.8 Å². The molecule has 2 heterocycles. The van der Waals surface area contributed by atoms with Crippen LogP contribution in [0.25, 0.3) is 0 Å². The average Bonchev–Trinajstić information content (AvgIpc) is 2.72. The van der Waals surface area contributed by atoms with Crippen LogP contribution in [0.5, 0.6) is 0 Å². The van der Waals surface area contributed by atoms with Crippen molar-refractivity contribution < 1.29 is 4.79 Å². The molecule has 3 heteroatoms. The van der Waals surface area contributed by atoms with E-state index in [0.29, 0.717) is 11.4 Å². The number of H-pyrrole nitrogens is 1. The summed E-state index contributed by atoms with van der Waals surface area (Å²) in [6.45, 7) is 0. The minimum atomic E-state index is 0.0255. The fourth-order valence-electron chi connectivity index (χ4n) is 1.31. The van der Waals surface area contributed by atoms with Crippen molar-refractivity contribution in [1.82, 2.24) is 9.55 Å². The number of nitrogens with zero attached hydrogens (tertiary/aromatic N) is 1. The van der Waals surface area contributed by atoms with Crippen molar-refractivity contribution in [3.63, 3.8) is 0 Å². The maximum absolute atomic E-state index is 11.7. The third kappa shape index (κ3) is 1.28. The molecular formula is C10H10N2O. The molecule has 0 saturated carbocycles. The lowest BCUT2D eigenvalue weighted by atomic mass is 10.2. The fourth-order valence-corrected chi connectivity index (χ4v) is 1.31. The van der Waals surface area contributed by atoms with Gasteiger partial charge in [-0.15, -0.1) is 0 Å². The second kappa shape index (κ2) is 2.94. The van der Waals surface area contributed by atoms with Gasteiger partial charge in [-0.05, 0) is 24.3 Å². The van der Waals surface area contributed by atoms with E-state index < -0.39 is 0 Å². The Morgan fingerprint density at radius 1 is 1.38 bits per heavy atom. The maximum atomic E-state index is 11.7. The van der Waals surface area contributed by atoms with E-state index in [4.69, 9.17) is 0 Å². The minimum Gasteiger partial charge on any atom is -0.358 e. The molecule has 0 atom stereocenters. The van der Waals surface area contributed by atoms with Gasteiger partial charge in [-0.1, -0.05) is 0 Å². The summed E-state index contributed by atoms with van der Waals surface area (Å²) in [7, 11) is 1.86. The zero-order valence-corrected chi connectivity index (χ0v) is 7.32. The SMILES string of the molecule is Cn1cccc1C(=O)c1ccc[nH]1. The van der Waals surface area contributed by atoms with Crippen molar-refractivity contribution in [3.8, 4) is 0 Å². The van der Waals surface area contributed by atoms with Crippen molar-refractivity contribution in [2.45, 2.75) is 0 Å². The van der Waals surface area contributed by atoms with Crippen LogP contribution in [0.2, 0.25) is 0 Å². The predicted molar refractivity (Wildman–Crippen MR) is 49.6 cm³/mol. The molecule has 0 amide bonds. The van der Waals surface area contributed by atoms with Crippen molar-refractivity contribution in [1.29, 1.82) is 0 Å². The van der Waals surface area contributed by atoms with Crippen LogP contribution < -0.4 is 0 Å². The first-order valence-electron chi connectivity index (χ1n) is 4.08. The number of hydrogen-bond acceptors (Lipinski definition) is 1. The highest BCUT2D eigenvalue weighted by molar-refractivity contribution is 6.06. The largest absolute Gasteiger partial charge is 0.358 e. The second-order valence-corrected chi connectivity index (χ2v) is 2.92. The molecular weight excluding hydrogens is 164 g/mol. The lowest BCUT2D eigenvalue weighted by Gasteiger charge is -1.99. The Morgan fingerprint density at radius 3 is 2.77 bits per heavy atom. The highest BCUT2D eigenvalue weighted by Gasteiger charge is 2.11. The van der Waals surface area contributed by atoms with Crippen LogP contribution in [-0.4, -0.2) is 15.3 Å². The molecule has 13 heavy (non-hydrogen) atoms. The lowest BCUT2D eigenvalue weighted by Crippen LogP contribution is -2.06. The van der Waals surface area contributed by atoms with Gasteiger partial charge < -0.3 is 9.55 Å². The van der Waals surface area contributed by atoms with E-state index in [0.717, 1.165) is 0 Å². The summed E-state index contributed by atoms with van der Waals surface area (Å²) in [6.07, 6.45) is 3.60. The third-order valence-corrected chi connectivity index (χ3v) is 2.02. The fraction of sp³-hybridized carbons (Fsp3) is 0.100. The summed E-state index contributed by atoms with van der Waals surface area (Å²) in [5.74, 6) is 0.0255. The van der Waals surface area contributed by atoms with Gasteiger partial charge in [-0.3, -0.25) is 4.79 Å². The highest BCUT2D eigenvalue weighted by atomic mass is 16.1. The van der Waals surface area contributed by atoms with Gasteiger partial charge >= 0.3 is 0 Å². The molecule has 2 rings (SSSR count). The summed E-state index contributed by atoms with van der Waals surface area (Å²) >= 11 is 0. The van der Waals surface area contributed by atoms with E-state index in [2.05, 4.69) is 4.98 Å². The second-order valence-electron chi connectivity index (χ2n) is 2.92. The Bertz CT molecular complexity index is 412. The molecule has 66 valence electrons. The zero-order valence-electron chi connectivity index (χ0n) is 7.32. The molecule has 0 aliphatic heterocycles. The standard InChI is InChI=1S/C10H10N2O/c1-12-7-3-5-9(12)10(13)8-4-2-6-11-8/h2-7,11H,1H3. The van der Waals surface area contributed by atoms with Crippen molar-refractivity contribution >= 4 is 5.78 Å². The minimum absolute atomic E-state index is 0.0255. The van der Waals surface area contributed by atoms with E-state index in [1.54, 1.807) is 12.3 Å². The first-order valence-corrected chi connectivity index (χ1v) is 4.08. The van der Waals surface area contributed by atoms with Gasteiger partial charge in [0.25, 0.3) is 0 Å². The number of nitrogens with one attached hydrogen (secondary N) is 1. The molecule has 0 aliphatic rings. The highest BCUT2D eigenvalue weighted by Crippen LogP contribution is 2.07. The van der Waals surface area contributed by atoms with Gasteiger partial charge in [0.1, 0.15) is 0 Å². The van der Waals surface area contributed by atoms with Gasteiger partial charge in [-0.25, -0.2) is 0 Å². The molecule has 0 bridgehead atoms. The molecule has 0 spiro atoms. The Morgan fingerprint density at radius 2 is 2.23 bits per heavy atom. The van der Waals surface area contributed by atoms with Gasteiger partial charge in [0.2, 0.25) is 5.78 Å². The van der Waals surface area contributed by atoms with E-state index in [1.807, 2.05) is 36.0 Å². The smallest absolute Gasteiger partial charge is 0.225 e. The van der Waals surface area contributed by atoms with Crippen LogP contribution in [0.1, 0.15) is 16.2 Å². The number of carbonyl (C=O) groups is 1. The van der Waals surface area contributed by atoms with Crippen LogP contribution >= 0.6 is 0 Å². The van der Waals surface area contributed by atoms with E-state index in [9.17, 15) is 4.79 Å². The normalized spacial score (nSPS) is 10.2. The van der Waals surface area contributed by atoms with E-state index >= 15 is 0 Å². The molecule has 2 aromatic rings. The Labute approximate surface area is 76.0 Å². The number of aryl methyl sites for hydroxylation is 1. The van der Waals surface area contributed by atoms with Gasteiger partial charge in [0.05, 0.1) is 11.4 Å². The molecule has 2 aromatic heterocycles. The number of rotatable bonds is 2. The number of carbonyl (C=O) groups excluding carboxylic acids is 1. The van der Waals surface area contributed by atoms with Crippen LogP contribution in [0.4, 0.5) is 0 Å². The van der Waals surface area contributed by atoms with Crippen LogP contribution in [-0.2, 0) is 7.05 Å². The van der Waals surface area contributed by atoms with Crippen molar-refractivity contribution in [2.24, 2.45) is 7.05 Å². The predicted octanol–water partition coefficient (Wildman–Crippen LogP) is 1.58. The molecule has 0 aliphatic carbocycles. The summed E-state index contributed by atoms with van der Waals surface area (Å²) in [5.41, 5.74) is 1.32. The number of aromatic amines is 1.